The Hall–Kier alpha value is -6.65. The quantitative estimate of drug-likeness (QED) is 0.179. The highest BCUT2D eigenvalue weighted by Crippen LogP contribution is 2.35. The van der Waals surface area contributed by atoms with Gasteiger partial charge in [0, 0.05) is 33.2 Å². The lowest BCUT2D eigenvalue weighted by Crippen LogP contribution is -2.00. The Morgan fingerprint density at radius 1 is 0.327 bits per heavy atom. The minimum Gasteiger partial charge on any atom is -0.309 e. The number of nitrogens with zero attached hydrogens (tertiary/aromatic N) is 4. The number of hydrogen-bond donors (Lipinski definition) is 0. The van der Waals surface area contributed by atoms with Crippen LogP contribution in [0.5, 0.6) is 0 Å². The van der Waals surface area contributed by atoms with Crippen molar-refractivity contribution in [1.29, 1.82) is 0 Å². The molecule has 0 aliphatic carbocycles. The molecule has 0 unspecified atom stereocenters. The first-order chi connectivity index (χ1) is 36.8. The molecule has 0 fully saturated rings. The van der Waals surface area contributed by atoms with Gasteiger partial charge >= 0.3 is 0 Å². The van der Waals surface area contributed by atoms with Crippen LogP contribution in [0.1, 0.15) is 41.1 Å². The zero-order valence-corrected chi connectivity index (χ0v) is 24.3. The lowest BCUT2D eigenvalue weighted by molar-refractivity contribution is 1.07. The van der Waals surface area contributed by atoms with Crippen LogP contribution in [0.15, 0.2) is 181 Å². The summed E-state index contributed by atoms with van der Waals surface area (Å²) in [5.74, 6) is -2.75. The van der Waals surface area contributed by atoms with E-state index in [1.165, 1.54) is 0 Å². The van der Waals surface area contributed by atoms with Gasteiger partial charge in [-0.15, -0.1) is 0 Å². The normalized spacial score (nSPS) is 19.8. The maximum Gasteiger partial charge on any atom is 0.164 e. The summed E-state index contributed by atoms with van der Waals surface area (Å²) in [4.78, 5) is 12.6. The highest BCUT2D eigenvalue weighted by atomic mass is 15.0. The molecule has 9 rings (SSSR count). The van der Waals surface area contributed by atoms with Crippen LogP contribution in [0.25, 0.3) is 83.9 Å². The Bertz CT molecular complexity index is 4180. The van der Waals surface area contributed by atoms with Gasteiger partial charge in [0.15, 0.2) is 17.5 Å². The highest BCUT2D eigenvalue weighted by molar-refractivity contribution is 6.10. The summed E-state index contributed by atoms with van der Waals surface area (Å²) in [5, 5.41) is -1.08. The number of hydrogen-bond acceptors (Lipinski definition) is 3. The van der Waals surface area contributed by atoms with Crippen molar-refractivity contribution in [1.82, 2.24) is 19.5 Å². The van der Waals surface area contributed by atoms with Gasteiger partial charge in [-0.3, -0.25) is 0 Å². The zero-order chi connectivity index (χ0) is 58.7. The highest BCUT2D eigenvalue weighted by Gasteiger charge is 2.15. The number of rotatable bonds is 6. The predicted octanol–water partition coefficient (Wildman–Crippen LogP) is 11.3. The van der Waals surface area contributed by atoms with Gasteiger partial charge in [0.05, 0.1) is 52.2 Å². The molecule has 230 valence electrons. The number of fused-ring (bicyclic) bond motifs is 3. The molecule has 7 aromatic carbocycles. The standard InChI is InChI=1S/C45H30N4/c1-4-12-31(13-5-1)32-20-24-35(25-21-32)44-46-43(34-14-6-2-7-15-34)47-45(48-44)36-26-22-33(23-27-36)37-28-29-40-39-18-10-11-19-41(39)49(42(40)30-37)38-16-8-3-9-17-38/h1-30H/i1D,2D,3D,4D,5D,6D,7D,8D,9D,10D,11D,12D,13D,14D,15D,16D,17D,18D,19D,20D,21D,22D,23D,24D,25D,26D,27D,28D,29D,30D. The fraction of sp³-hybridized carbons (Fsp3) is 0. The summed E-state index contributed by atoms with van der Waals surface area (Å²) in [6, 6.07) is -28.5. The van der Waals surface area contributed by atoms with Crippen molar-refractivity contribution < 1.29 is 41.1 Å². The molecule has 0 atom stereocenters. The molecule has 9 aromatic rings. The molecule has 0 spiro atoms. The Labute approximate surface area is 326 Å². The van der Waals surface area contributed by atoms with E-state index in [0.717, 1.165) is 0 Å². The lowest BCUT2D eigenvalue weighted by Gasteiger charge is -2.10. The second-order valence-corrected chi connectivity index (χ2v) is 9.81. The van der Waals surface area contributed by atoms with Crippen LogP contribution >= 0.6 is 0 Å². The number of benzene rings is 7. The summed E-state index contributed by atoms with van der Waals surface area (Å²) in [6.45, 7) is 0. The van der Waals surface area contributed by atoms with Crippen LogP contribution < -0.4 is 0 Å². The lowest BCUT2D eigenvalue weighted by atomic mass is 10.0. The van der Waals surface area contributed by atoms with Gasteiger partial charge in [0.2, 0.25) is 0 Å². The van der Waals surface area contributed by atoms with Crippen molar-refractivity contribution in [3.05, 3.63) is 181 Å². The van der Waals surface area contributed by atoms with E-state index in [4.69, 9.17) is 31.5 Å². The van der Waals surface area contributed by atoms with E-state index in [9.17, 15) is 9.60 Å². The minimum absolute atomic E-state index is 0.521. The third-order valence-corrected chi connectivity index (χ3v) is 6.92. The molecule has 0 saturated carbocycles. The Balaban J connectivity index is 1.39. The summed E-state index contributed by atoms with van der Waals surface area (Å²) in [5.41, 5.74) is -7.83. The first-order valence-electron chi connectivity index (χ1n) is 29.0. The molecule has 0 aliphatic heterocycles. The van der Waals surface area contributed by atoms with E-state index in [-0.39, 0.29) is 0 Å². The molecule has 49 heavy (non-hydrogen) atoms. The van der Waals surface area contributed by atoms with Crippen LogP contribution in [-0.4, -0.2) is 19.5 Å². The van der Waals surface area contributed by atoms with Gasteiger partial charge < -0.3 is 4.57 Å². The van der Waals surface area contributed by atoms with Gasteiger partial charge in [-0.1, -0.05) is 157 Å². The Morgan fingerprint density at radius 3 is 1.31 bits per heavy atom. The zero-order valence-electron chi connectivity index (χ0n) is 54.3. The Morgan fingerprint density at radius 2 is 0.714 bits per heavy atom. The third-order valence-electron chi connectivity index (χ3n) is 6.92. The molecule has 2 heterocycles. The van der Waals surface area contributed by atoms with E-state index < -0.39 is 265 Å². The average molecular weight is 657 g/mol. The third kappa shape index (κ3) is 5.35. The molecular weight excluding hydrogens is 597 g/mol. The van der Waals surface area contributed by atoms with Crippen LogP contribution in [0.2, 0.25) is 0 Å². The van der Waals surface area contributed by atoms with Crippen molar-refractivity contribution in [2.75, 3.05) is 0 Å². The topological polar surface area (TPSA) is 43.6 Å². The molecule has 0 bridgehead atoms. The van der Waals surface area contributed by atoms with Crippen molar-refractivity contribution in [3.8, 4) is 62.1 Å². The maximum atomic E-state index is 9.65. The second kappa shape index (κ2) is 12.2. The summed E-state index contributed by atoms with van der Waals surface area (Å²) < 4.78 is 264. The van der Waals surface area contributed by atoms with Crippen LogP contribution in [0.4, 0.5) is 0 Å². The largest absolute Gasteiger partial charge is 0.309 e. The molecule has 0 N–H and O–H groups in total. The van der Waals surface area contributed by atoms with Crippen molar-refractivity contribution in [2.24, 2.45) is 0 Å². The predicted molar refractivity (Wildman–Crippen MR) is 201 cm³/mol. The van der Waals surface area contributed by atoms with Crippen LogP contribution in [-0.2, 0) is 0 Å². The molecule has 4 heteroatoms. The van der Waals surface area contributed by atoms with E-state index >= 15 is 0 Å². The number of aromatic nitrogens is 4. The summed E-state index contributed by atoms with van der Waals surface area (Å²) in [6.07, 6.45) is 0. The maximum absolute atomic E-state index is 9.65. The summed E-state index contributed by atoms with van der Waals surface area (Å²) in [7, 11) is 0. The first-order valence-corrected chi connectivity index (χ1v) is 14.0. The fourth-order valence-electron chi connectivity index (χ4n) is 4.76. The van der Waals surface area contributed by atoms with Gasteiger partial charge in [0.1, 0.15) is 0 Å². The van der Waals surface area contributed by atoms with Crippen LogP contribution in [0.3, 0.4) is 0 Å². The smallest absolute Gasteiger partial charge is 0.164 e. The molecule has 0 amide bonds. The molecule has 0 saturated heterocycles. The molecule has 0 radical (unpaired) electrons. The Kier molecular flexibility index (Phi) is 2.79. The number of para-hydroxylation sites is 2. The van der Waals surface area contributed by atoms with Crippen molar-refractivity contribution in [2.45, 2.75) is 0 Å². The monoisotopic (exact) mass is 656 g/mol. The minimum atomic E-state index is -1.12. The van der Waals surface area contributed by atoms with E-state index in [0.29, 0.717) is 4.57 Å². The fourth-order valence-corrected chi connectivity index (χ4v) is 4.76. The summed E-state index contributed by atoms with van der Waals surface area (Å²) >= 11 is 0. The molecule has 2 aromatic heterocycles. The van der Waals surface area contributed by atoms with Gasteiger partial charge in [-0.05, 0) is 46.4 Å². The molecule has 4 nitrogen and oxygen atoms in total. The van der Waals surface area contributed by atoms with E-state index in [2.05, 4.69) is 15.0 Å². The van der Waals surface area contributed by atoms with Gasteiger partial charge in [0.25, 0.3) is 0 Å². The van der Waals surface area contributed by atoms with E-state index in [1.54, 1.807) is 0 Å². The van der Waals surface area contributed by atoms with Crippen LogP contribution in [0, 0.1) is 0 Å². The van der Waals surface area contributed by atoms with Crippen molar-refractivity contribution >= 4 is 21.8 Å². The van der Waals surface area contributed by atoms with Gasteiger partial charge in [-0.2, -0.15) is 0 Å². The first kappa shape index (κ1) is 11.2. The second-order valence-electron chi connectivity index (χ2n) is 9.81. The van der Waals surface area contributed by atoms with E-state index in [1.807, 2.05) is 0 Å². The average Bonchev–Trinajstić information content (AvgIpc) is 3.99. The van der Waals surface area contributed by atoms with Crippen molar-refractivity contribution in [3.63, 3.8) is 0 Å². The SMILES string of the molecule is [2H]c1c([2H])c([2H])c(-c2nc(-c3c([2H])c([2H])c(-c4c([2H])c([2H])c([2H])c([2H])c4[2H])c([2H])c3[2H])nc(-c3c([2H])c([2H])c(-c4c([2H])c([2H])c5c6c([2H])c([2H])c([2H])c([2H])c6n(-c6c([2H])c([2H])c([2H])c([2H])c6[2H])c5c4[2H])c([2H])c3[2H])n2)c([2H])c1[2H]. The van der Waals surface area contributed by atoms with Gasteiger partial charge in [-0.25, -0.2) is 15.0 Å². The molecular formula is C45H30N4. The molecule has 0 aliphatic rings.